The Kier molecular flexibility index (Phi) is 8.34. The number of ether oxygens (including phenoxy) is 1. The molecule has 0 heterocycles. The van der Waals surface area contributed by atoms with Crippen LogP contribution < -0.4 is 15.4 Å². The van der Waals surface area contributed by atoms with Gasteiger partial charge < -0.3 is 15.8 Å². The first kappa shape index (κ1) is 23.3. The van der Waals surface area contributed by atoms with Gasteiger partial charge in [-0.3, -0.25) is 18.8 Å². The van der Waals surface area contributed by atoms with Crippen LogP contribution in [-0.4, -0.2) is 65.5 Å². The molecule has 0 saturated heterocycles. The fourth-order valence-electron chi connectivity index (χ4n) is 2.73. The van der Waals surface area contributed by atoms with E-state index in [4.69, 9.17) is 10.5 Å². The molecule has 0 fully saturated rings. The van der Waals surface area contributed by atoms with Gasteiger partial charge in [0.25, 0.3) is 10.0 Å². The van der Waals surface area contributed by atoms with Crippen molar-refractivity contribution < 1.29 is 22.7 Å². The summed E-state index contributed by atoms with van der Waals surface area (Å²) in [6.45, 7) is 0.503. The maximum Gasteiger partial charge on any atom is 0.264 e. The fourth-order valence-corrected chi connectivity index (χ4v) is 3.97. The second-order valence-electron chi connectivity index (χ2n) is 6.55. The fraction of sp³-hybridized carbons (Fsp3) is 0.300. The zero-order chi connectivity index (χ0) is 22.1. The average molecular weight is 435 g/mol. The quantitative estimate of drug-likeness (QED) is 0.541. The number of benzene rings is 2. The van der Waals surface area contributed by atoms with Gasteiger partial charge in [0.15, 0.2) is 0 Å². The van der Waals surface area contributed by atoms with Gasteiger partial charge in [0.2, 0.25) is 11.8 Å². The molecule has 3 N–H and O–H groups in total. The lowest BCUT2D eigenvalue weighted by Crippen LogP contribution is -2.40. The Morgan fingerprint density at radius 3 is 2.40 bits per heavy atom. The van der Waals surface area contributed by atoms with E-state index < -0.39 is 21.8 Å². The van der Waals surface area contributed by atoms with E-state index in [9.17, 15) is 18.0 Å². The van der Waals surface area contributed by atoms with Crippen molar-refractivity contribution in [3.8, 4) is 0 Å². The van der Waals surface area contributed by atoms with Crippen LogP contribution in [0.3, 0.4) is 0 Å². The highest BCUT2D eigenvalue weighted by molar-refractivity contribution is 7.92. The van der Waals surface area contributed by atoms with Crippen LogP contribution in [0, 0.1) is 0 Å². The minimum absolute atomic E-state index is 0.0417. The van der Waals surface area contributed by atoms with E-state index in [-0.39, 0.29) is 18.0 Å². The smallest absolute Gasteiger partial charge is 0.264 e. The number of rotatable bonds is 11. The third-order valence-electron chi connectivity index (χ3n) is 4.25. The SMILES string of the molecule is COCCN(CC(N)=O)CC(=O)Nc1cccc(S(=O)(=O)N(C)c2ccccc2)c1. The molecule has 0 aliphatic rings. The van der Waals surface area contributed by atoms with Crippen LogP contribution in [0.25, 0.3) is 0 Å². The van der Waals surface area contributed by atoms with E-state index in [1.54, 1.807) is 47.4 Å². The third-order valence-corrected chi connectivity index (χ3v) is 6.04. The van der Waals surface area contributed by atoms with Crippen molar-refractivity contribution in [3.05, 3.63) is 54.6 Å². The number of amides is 2. The van der Waals surface area contributed by atoms with E-state index in [1.807, 2.05) is 0 Å². The number of para-hydroxylation sites is 1. The predicted molar refractivity (Wildman–Crippen MR) is 115 cm³/mol. The standard InChI is InChI=1S/C20H26N4O5S/c1-23(17-8-4-3-5-9-17)30(27,28)18-10-6-7-16(13-18)22-20(26)15-24(11-12-29-2)14-19(21)25/h3-10,13H,11-12,14-15H2,1-2H3,(H2,21,25)(H,22,26). The molecule has 0 saturated carbocycles. The molecule has 0 radical (unpaired) electrons. The van der Waals surface area contributed by atoms with Crippen molar-refractivity contribution in [2.24, 2.45) is 5.73 Å². The molecule has 0 atom stereocenters. The average Bonchev–Trinajstić information content (AvgIpc) is 2.71. The largest absolute Gasteiger partial charge is 0.383 e. The summed E-state index contributed by atoms with van der Waals surface area (Å²) in [6, 6.07) is 14.7. The van der Waals surface area contributed by atoms with Crippen molar-refractivity contribution in [3.63, 3.8) is 0 Å². The Labute approximate surface area is 176 Å². The lowest BCUT2D eigenvalue weighted by molar-refractivity contribution is -0.121. The topological polar surface area (TPSA) is 122 Å². The lowest BCUT2D eigenvalue weighted by atomic mass is 10.3. The number of nitrogens with one attached hydrogen (secondary N) is 1. The van der Waals surface area contributed by atoms with Gasteiger partial charge in [-0.25, -0.2) is 8.42 Å². The van der Waals surface area contributed by atoms with E-state index in [0.29, 0.717) is 24.5 Å². The third kappa shape index (κ3) is 6.55. The number of primary amides is 1. The molecular formula is C20H26N4O5S. The Morgan fingerprint density at radius 1 is 1.07 bits per heavy atom. The van der Waals surface area contributed by atoms with Gasteiger partial charge in [-0.05, 0) is 30.3 Å². The van der Waals surface area contributed by atoms with Crippen molar-refractivity contribution in [1.82, 2.24) is 4.90 Å². The van der Waals surface area contributed by atoms with Crippen LogP contribution in [0.5, 0.6) is 0 Å². The summed E-state index contributed by atoms with van der Waals surface area (Å²) in [7, 11) is -0.827. The van der Waals surface area contributed by atoms with Crippen LogP contribution in [0.15, 0.2) is 59.5 Å². The monoisotopic (exact) mass is 434 g/mol. The normalized spacial score (nSPS) is 11.3. The van der Waals surface area contributed by atoms with Gasteiger partial charge in [0, 0.05) is 26.4 Å². The van der Waals surface area contributed by atoms with Crippen LogP contribution in [0.2, 0.25) is 0 Å². The Hall–Kier alpha value is -2.95. The van der Waals surface area contributed by atoms with Gasteiger partial charge in [0.1, 0.15) is 0 Å². The molecule has 0 aliphatic heterocycles. The van der Waals surface area contributed by atoms with E-state index in [1.165, 1.54) is 30.6 Å². The summed E-state index contributed by atoms with van der Waals surface area (Å²) in [5, 5.41) is 2.66. The van der Waals surface area contributed by atoms with Gasteiger partial charge in [-0.2, -0.15) is 0 Å². The maximum atomic E-state index is 12.9. The summed E-state index contributed by atoms with van der Waals surface area (Å²) < 4.78 is 32.0. The molecule has 0 aromatic heterocycles. The summed E-state index contributed by atoms with van der Waals surface area (Å²) >= 11 is 0. The number of anilines is 2. The lowest BCUT2D eigenvalue weighted by Gasteiger charge is -2.21. The first-order chi connectivity index (χ1) is 14.2. The zero-order valence-electron chi connectivity index (χ0n) is 16.9. The number of methoxy groups -OCH3 is 1. The molecule has 2 aromatic carbocycles. The molecule has 0 unspecified atom stereocenters. The van der Waals surface area contributed by atoms with Crippen molar-refractivity contribution in [2.45, 2.75) is 4.90 Å². The van der Waals surface area contributed by atoms with E-state index in [2.05, 4.69) is 5.32 Å². The Balaban J connectivity index is 2.12. The highest BCUT2D eigenvalue weighted by Crippen LogP contribution is 2.23. The van der Waals surface area contributed by atoms with Gasteiger partial charge in [-0.15, -0.1) is 0 Å². The molecule has 30 heavy (non-hydrogen) atoms. The van der Waals surface area contributed by atoms with Crippen LogP contribution in [0.4, 0.5) is 11.4 Å². The first-order valence-corrected chi connectivity index (χ1v) is 10.6. The number of sulfonamides is 1. The van der Waals surface area contributed by atoms with Crippen molar-refractivity contribution in [2.75, 3.05) is 50.0 Å². The van der Waals surface area contributed by atoms with Gasteiger partial charge in [0.05, 0.1) is 30.3 Å². The van der Waals surface area contributed by atoms with Gasteiger partial charge in [-0.1, -0.05) is 24.3 Å². The van der Waals surface area contributed by atoms with E-state index in [0.717, 1.165) is 0 Å². The predicted octanol–water partition coefficient (Wildman–Crippen LogP) is 0.884. The summed E-state index contributed by atoms with van der Waals surface area (Å²) in [6.07, 6.45) is 0. The highest BCUT2D eigenvalue weighted by Gasteiger charge is 2.22. The Morgan fingerprint density at radius 2 is 1.77 bits per heavy atom. The van der Waals surface area contributed by atoms with Crippen molar-refractivity contribution in [1.29, 1.82) is 0 Å². The van der Waals surface area contributed by atoms with Crippen LogP contribution >= 0.6 is 0 Å². The number of nitrogens with two attached hydrogens (primary N) is 1. The number of carbonyl (C=O) groups is 2. The highest BCUT2D eigenvalue weighted by atomic mass is 32.2. The number of hydrogen-bond donors (Lipinski definition) is 2. The Bertz CT molecular complexity index is 966. The summed E-state index contributed by atoms with van der Waals surface area (Å²) in [4.78, 5) is 25.2. The molecular weight excluding hydrogens is 408 g/mol. The molecule has 2 rings (SSSR count). The minimum Gasteiger partial charge on any atom is -0.383 e. The molecule has 10 heteroatoms. The first-order valence-electron chi connectivity index (χ1n) is 9.17. The second-order valence-corrected chi connectivity index (χ2v) is 8.52. The maximum absolute atomic E-state index is 12.9. The molecule has 2 amide bonds. The molecule has 0 aliphatic carbocycles. The molecule has 162 valence electrons. The summed E-state index contributed by atoms with van der Waals surface area (Å²) in [5.74, 6) is -0.964. The molecule has 2 aromatic rings. The number of nitrogens with zero attached hydrogens (tertiary/aromatic N) is 2. The van der Waals surface area contributed by atoms with Crippen LogP contribution in [-0.2, 0) is 24.3 Å². The molecule has 0 bridgehead atoms. The zero-order valence-corrected chi connectivity index (χ0v) is 17.8. The number of hydrogen-bond acceptors (Lipinski definition) is 6. The summed E-state index contributed by atoms with van der Waals surface area (Å²) in [5.41, 5.74) is 6.06. The second kappa shape index (κ2) is 10.7. The minimum atomic E-state index is -3.81. The molecule has 9 nitrogen and oxygen atoms in total. The van der Waals surface area contributed by atoms with E-state index >= 15 is 0 Å². The van der Waals surface area contributed by atoms with Crippen molar-refractivity contribution >= 4 is 33.2 Å². The molecule has 0 spiro atoms. The van der Waals surface area contributed by atoms with Gasteiger partial charge >= 0.3 is 0 Å². The van der Waals surface area contributed by atoms with Crippen LogP contribution in [0.1, 0.15) is 0 Å². The number of carbonyl (C=O) groups excluding carboxylic acids is 2.